The molecule has 2 N–H and O–H groups in total. The van der Waals surface area contributed by atoms with Crippen LogP contribution in [0.25, 0.3) is 11.5 Å². The summed E-state index contributed by atoms with van der Waals surface area (Å²) in [6.07, 6.45) is 10.1. The first-order valence-electron chi connectivity index (χ1n) is 9.41. The van der Waals surface area contributed by atoms with Crippen LogP contribution in [0.5, 0.6) is 0 Å². The molecule has 0 amide bonds. The lowest BCUT2D eigenvalue weighted by molar-refractivity contribution is 0.408. The zero-order valence-electron chi connectivity index (χ0n) is 15.1. The van der Waals surface area contributed by atoms with Gasteiger partial charge in [-0.25, -0.2) is 0 Å². The third kappa shape index (κ3) is 5.45. The second kappa shape index (κ2) is 10.2. The quantitative estimate of drug-likeness (QED) is 0.557. The highest BCUT2D eigenvalue weighted by molar-refractivity contribution is 5.53. The zero-order chi connectivity index (χ0) is 17.2. The van der Waals surface area contributed by atoms with Crippen molar-refractivity contribution >= 4 is 0 Å². The Labute approximate surface area is 145 Å². The van der Waals surface area contributed by atoms with Crippen molar-refractivity contribution in [3.05, 3.63) is 35.7 Å². The van der Waals surface area contributed by atoms with Crippen molar-refractivity contribution in [1.29, 1.82) is 0 Å². The molecule has 4 nitrogen and oxygen atoms in total. The topological polar surface area (TPSA) is 64.9 Å². The van der Waals surface area contributed by atoms with Gasteiger partial charge in [0.15, 0.2) is 5.82 Å². The standard InChI is InChI=1S/C20H31N3O/c1-3-5-6-7-8-9-10-17(4-2)19-22-20(24-23-19)18-13-11-16(15-21)12-14-18/h11-14,17H,3-10,15,21H2,1-2H3. The normalized spacial score (nSPS) is 12.5. The highest BCUT2D eigenvalue weighted by Gasteiger charge is 2.17. The van der Waals surface area contributed by atoms with Crippen molar-refractivity contribution in [3.8, 4) is 11.5 Å². The van der Waals surface area contributed by atoms with Gasteiger partial charge in [0, 0.05) is 18.0 Å². The molecule has 1 heterocycles. The van der Waals surface area contributed by atoms with Crippen LogP contribution in [0.1, 0.15) is 82.5 Å². The maximum Gasteiger partial charge on any atom is 0.257 e. The molecule has 0 bridgehead atoms. The van der Waals surface area contributed by atoms with Gasteiger partial charge in [-0.2, -0.15) is 4.98 Å². The molecule has 1 aromatic heterocycles. The van der Waals surface area contributed by atoms with Gasteiger partial charge in [-0.05, 0) is 30.5 Å². The average molecular weight is 329 g/mol. The van der Waals surface area contributed by atoms with Gasteiger partial charge in [-0.3, -0.25) is 0 Å². The van der Waals surface area contributed by atoms with Crippen LogP contribution < -0.4 is 5.73 Å². The number of aromatic nitrogens is 2. The molecule has 1 unspecified atom stereocenters. The number of unbranched alkanes of at least 4 members (excludes halogenated alkanes) is 5. The van der Waals surface area contributed by atoms with Crippen molar-refractivity contribution in [2.75, 3.05) is 0 Å². The molecule has 0 saturated heterocycles. The lowest BCUT2D eigenvalue weighted by Crippen LogP contribution is -2.00. The van der Waals surface area contributed by atoms with Crippen LogP contribution in [0.15, 0.2) is 28.8 Å². The van der Waals surface area contributed by atoms with Gasteiger partial charge in [0.05, 0.1) is 0 Å². The van der Waals surface area contributed by atoms with Crippen LogP contribution >= 0.6 is 0 Å². The summed E-state index contributed by atoms with van der Waals surface area (Å²) in [6, 6.07) is 8.00. The Morgan fingerprint density at radius 1 is 1.00 bits per heavy atom. The van der Waals surface area contributed by atoms with Crippen LogP contribution in [0.3, 0.4) is 0 Å². The molecular formula is C20H31N3O. The highest BCUT2D eigenvalue weighted by Crippen LogP contribution is 2.26. The summed E-state index contributed by atoms with van der Waals surface area (Å²) in [5.41, 5.74) is 7.70. The number of benzene rings is 1. The van der Waals surface area contributed by atoms with E-state index in [1.54, 1.807) is 0 Å². The van der Waals surface area contributed by atoms with E-state index >= 15 is 0 Å². The van der Waals surface area contributed by atoms with E-state index in [0.717, 1.165) is 29.8 Å². The van der Waals surface area contributed by atoms with Crippen molar-refractivity contribution in [2.45, 2.75) is 77.7 Å². The number of hydrogen-bond acceptors (Lipinski definition) is 4. The molecule has 0 saturated carbocycles. The first kappa shape index (κ1) is 18.7. The SMILES string of the molecule is CCCCCCCCC(CC)c1noc(-c2ccc(CN)cc2)n1. The Morgan fingerprint density at radius 3 is 2.38 bits per heavy atom. The summed E-state index contributed by atoms with van der Waals surface area (Å²) in [7, 11) is 0. The van der Waals surface area contributed by atoms with Crippen LogP contribution in [-0.2, 0) is 6.54 Å². The predicted octanol–water partition coefficient (Wildman–Crippen LogP) is 5.44. The van der Waals surface area contributed by atoms with E-state index in [1.807, 2.05) is 24.3 Å². The third-order valence-electron chi connectivity index (χ3n) is 4.64. The Bertz CT molecular complexity index is 577. The lowest BCUT2D eigenvalue weighted by Gasteiger charge is -2.09. The molecule has 0 aliphatic heterocycles. The monoisotopic (exact) mass is 329 g/mol. The van der Waals surface area contributed by atoms with Crippen LogP contribution in [0.2, 0.25) is 0 Å². The molecule has 0 aliphatic carbocycles. The average Bonchev–Trinajstić information content (AvgIpc) is 3.11. The van der Waals surface area contributed by atoms with Gasteiger partial charge in [-0.1, -0.05) is 69.7 Å². The minimum absolute atomic E-state index is 0.400. The Kier molecular flexibility index (Phi) is 7.96. The first-order valence-corrected chi connectivity index (χ1v) is 9.41. The Morgan fingerprint density at radius 2 is 1.71 bits per heavy atom. The number of hydrogen-bond donors (Lipinski definition) is 1. The molecule has 0 radical (unpaired) electrons. The van der Waals surface area contributed by atoms with Crippen molar-refractivity contribution in [1.82, 2.24) is 10.1 Å². The molecule has 0 spiro atoms. The first-order chi connectivity index (χ1) is 11.8. The predicted molar refractivity (Wildman–Crippen MR) is 98.7 cm³/mol. The minimum atomic E-state index is 0.400. The molecule has 1 atom stereocenters. The summed E-state index contributed by atoms with van der Waals surface area (Å²) >= 11 is 0. The molecule has 1 aromatic carbocycles. The number of nitrogens with zero attached hydrogens (tertiary/aromatic N) is 2. The fourth-order valence-electron chi connectivity index (χ4n) is 2.99. The fraction of sp³-hybridized carbons (Fsp3) is 0.600. The summed E-state index contributed by atoms with van der Waals surface area (Å²) in [5.74, 6) is 1.86. The largest absolute Gasteiger partial charge is 0.334 e. The molecule has 2 rings (SSSR count). The van der Waals surface area contributed by atoms with E-state index in [0.29, 0.717) is 18.4 Å². The molecule has 132 valence electrons. The van der Waals surface area contributed by atoms with Gasteiger partial charge in [0.2, 0.25) is 0 Å². The zero-order valence-corrected chi connectivity index (χ0v) is 15.1. The molecule has 0 aliphatic rings. The van der Waals surface area contributed by atoms with Gasteiger partial charge in [0.25, 0.3) is 5.89 Å². The molecule has 2 aromatic rings. The molecule has 0 fully saturated rings. The molecular weight excluding hydrogens is 298 g/mol. The van der Waals surface area contributed by atoms with E-state index in [2.05, 4.69) is 24.0 Å². The number of rotatable bonds is 11. The maximum absolute atomic E-state index is 5.63. The van der Waals surface area contributed by atoms with Crippen LogP contribution in [0, 0.1) is 0 Å². The maximum atomic E-state index is 5.63. The van der Waals surface area contributed by atoms with E-state index in [-0.39, 0.29) is 0 Å². The Hall–Kier alpha value is -1.68. The van der Waals surface area contributed by atoms with E-state index in [9.17, 15) is 0 Å². The van der Waals surface area contributed by atoms with E-state index in [4.69, 9.17) is 10.3 Å². The van der Waals surface area contributed by atoms with Gasteiger partial charge in [-0.15, -0.1) is 0 Å². The van der Waals surface area contributed by atoms with Crippen molar-refractivity contribution in [2.24, 2.45) is 5.73 Å². The van der Waals surface area contributed by atoms with E-state index < -0.39 is 0 Å². The van der Waals surface area contributed by atoms with Crippen molar-refractivity contribution in [3.63, 3.8) is 0 Å². The van der Waals surface area contributed by atoms with Gasteiger partial charge < -0.3 is 10.3 Å². The van der Waals surface area contributed by atoms with Gasteiger partial charge >= 0.3 is 0 Å². The molecule has 24 heavy (non-hydrogen) atoms. The third-order valence-corrected chi connectivity index (χ3v) is 4.64. The summed E-state index contributed by atoms with van der Waals surface area (Å²) in [5, 5.41) is 4.22. The summed E-state index contributed by atoms with van der Waals surface area (Å²) in [6.45, 7) is 5.00. The summed E-state index contributed by atoms with van der Waals surface area (Å²) < 4.78 is 5.47. The van der Waals surface area contributed by atoms with E-state index in [1.165, 1.54) is 38.5 Å². The fourth-order valence-corrected chi connectivity index (χ4v) is 2.99. The minimum Gasteiger partial charge on any atom is -0.334 e. The lowest BCUT2D eigenvalue weighted by atomic mass is 9.97. The van der Waals surface area contributed by atoms with Gasteiger partial charge in [0.1, 0.15) is 0 Å². The Balaban J connectivity index is 1.89. The number of nitrogens with two attached hydrogens (primary N) is 1. The summed E-state index contributed by atoms with van der Waals surface area (Å²) in [4.78, 5) is 4.63. The second-order valence-corrected chi connectivity index (χ2v) is 6.52. The smallest absolute Gasteiger partial charge is 0.257 e. The second-order valence-electron chi connectivity index (χ2n) is 6.52. The molecule has 4 heteroatoms. The highest BCUT2D eigenvalue weighted by atomic mass is 16.5. The van der Waals surface area contributed by atoms with Crippen LogP contribution in [0.4, 0.5) is 0 Å². The van der Waals surface area contributed by atoms with Crippen molar-refractivity contribution < 1.29 is 4.52 Å². The van der Waals surface area contributed by atoms with Crippen LogP contribution in [-0.4, -0.2) is 10.1 Å².